The predicted octanol–water partition coefficient (Wildman–Crippen LogP) is 0.000600. The quantitative estimate of drug-likeness (QED) is 0.772. The Hall–Kier alpha value is -2.38. The Balaban J connectivity index is 1.53. The first kappa shape index (κ1) is 16.5. The molecule has 2 fully saturated rings. The maximum absolute atomic E-state index is 12.5. The Bertz CT molecular complexity index is 619. The highest BCUT2D eigenvalue weighted by atomic mass is 16.5. The van der Waals surface area contributed by atoms with E-state index < -0.39 is 0 Å². The van der Waals surface area contributed by atoms with Gasteiger partial charge in [0.1, 0.15) is 6.10 Å². The number of hydrogen-bond donors (Lipinski definition) is 0. The zero-order valence-electron chi connectivity index (χ0n) is 14.3. The topological polar surface area (TPSA) is 78.9 Å². The van der Waals surface area contributed by atoms with Gasteiger partial charge in [-0.2, -0.15) is 0 Å². The highest BCUT2D eigenvalue weighted by Crippen LogP contribution is 2.23. The molecule has 2 saturated heterocycles. The first-order valence-electron chi connectivity index (χ1n) is 8.14. The van der Waals surface area contributed by atoms with Crippen molar-refractivity contribution in [3.8, 4) is 5.88 Å². The fraction of sp³-hybridized carbons (Fsp3) is 0.625. The van der Waals surface area contributed by atoms with Crippen LogP contribution in [0.1, 0.15) is 12.8 Å². The summed E-state index contributed by atoms with van der Waals surface area (Å²) in [5.74, 6) is 1.10. The molecule has 130 valence electrons. The molecule has 0 saturated carbocycles. The first-order valence-corrected chi connectivity index (χ1v) is 8.14. The zero-order valence-corrected chi connectivity index (χ0v) is 14.3. The number of likely N-dealkylation sites (tertiary alicyclic amines) is 2. The van der Waals surface area contributed by atoms with Crippen molar-refractivity contribution in [2.75, 3.05) is 45.7 Å². The van der Waals surface area contributed by atoms with E-state index in [9.17, 15) is 9.59 Å². The van der Waals surface area contributed by atoms with Gasteiger partial charge >= 0.3 is 0 Å². The van der Waals surface area contributed by atoms with E-state index in [4.69, 9.17) is 4.74 Å². The molecule has 2 aliphatic rings. The number of rotatable bonds is 4. The van der Waals surface area contributed by atoms with Crippen molar-refractivity contribution in [2.24, 2.45) is 5.92 Å². The number of anilines is 1. The van der Waals surface area contributed by atoms with Gasteiger partial charge in [-0.05, 0) is 6.07 Å². The second kappa shape index (κ2) is 6.62. The number of hydrogen-bond acceptors (Lipinski definition) is 6. The minimum atomic E-state index is -0.222. The maximum Gasteiger partial charge on any atom is 0.233 e. The number of nitrogens with zero attached hydrogens (tertiary/aromatic N) is 5. The molecule has 8 heteroatoms. The monoisotopic (exact) mass is 333 g/mol. The average molecular weight is 333 g/mol. The van der Waals surface area contributed by atoms with Gasteiger partial charge in [-0.3, -0.25) is 9.59 Å². The highest BCUT2D eigenvalue weighted by molar-refractivity contribution is 5.89. The van der Waals surface area contributed by atoms with E-state index in [-0.39, 0.29) is 23.8 Å². The van der Waals surface area contributed by atoms with Gasteiger partial charge in [0.2, 0.25) is 17.7 Å². The van der Waals surface area contributed by atoms with Crippen LogP contribution in [0.4, 0.5) is 5.82 Å². The van der Waals surface area contributed by atoms with Crippen LogP contribution >= 0.6 is 0 Å². The van der Waals surface area contributed by atoms with E-state index >= 15 is 0 Å². The van der Waals surface area contributed by atoms with E-state index in [0.29, 0.717) is 31.9 Å². The van der Waals surface area contributed by atoms with Gasteiger partial charge in [0.05, 0.1) is 12.5 Å². The van der Waals surface area contributed by atoms with Crippen molar-refractivity contribution in [3.63, 3.8) is 0 Å². The van der Waals surface area contributed by atoms with Crippen LogP contribution in [0.2, 0.25) is 0 Å². The van der Waals surface area contributed by atoms with Gasteiger partial charge in [0, 0.05) is 53.1 Å². The van der Waals surface area contributed by atoms with Crippen molar-refractivity contribution in [1.82, 2.24) is 20.0 Å². The third-order valence-electron chi connectivity index (χ3n) is 4.52. The average Bonchev–Trinajstić information content (AvgIpc) is 3.14. The van der Waals surface area contributed by atoms with Gasteiger partial charge in [0.25, 0.3) is 0 Å². The van der Waals surface area contributed by atoms with Gasteiger partial charge in [-0.25, -0.2) is 0 Å². The largest absolute Gasteiger partial charge is 0.471 e. The Morgan fingerprint density at radius 1 is 1.29 bits per heavy atom. The first-order chi connectivity index (χ1) is 11.4. The van der Waals surface area contributed by atoms with Crippen LogP contribution in [0.5, 0.6) is 5.88 Å². The van der Waals surface area contributed by atoms with Crippen LogP contribution in [0, 0.1) is 5.92 Å². The van der Waals surface area contributed by atoms with Gasteiger partial charge in [-0.1, -0.05) is 0 Å². The summed E-state index contributed by atoms with van der Waals surface area (Å²) in [4.78, 5) is 29.4. The smallest absolute Gasteiger partial charge is 0.233 e. The SMILES string of the molecule is CN1C[C@@H](C(=O)N2CC[C@H](Oc3ccc(N(C)C)nn3)C2)CC1=O. The van der Waals surface area contributed by atoms with E-state index in [2.05, 4.69) is 10.2 Å². The van der Waals surface area contributed by atoms with E-state index in [0.717, 1.165) is 12.2 Å². The predicted molar refractivity (Wildman–Crippen MR) is 87.7 cm³/mol. The fourth-order valence-electron chi connectivity index (χ4n) is 3.10. The van der Waals surface area contributed by atoms with E-state index in [1.165, 1.54) is 0 Å². The van der Waals surface area contributed by atoms with Gasteiger partial charge < -0.3 is 19.4 Å². The molecule has 24 heavy (non-hydrogen) atoms. The molecular weight excluding hydrogens is 310 g/mol. The number of ether oxygens (including phenoxy) is 1. The van der Waals surface area contributed by atoms with Crippen LogP contribution in [0.25, 0.3) is 0 Å². The van der Waals surface area contributed by atoms with Crippen LogP contribution in [-0.4, -0.2) is 78.7 Å². The fourth-order valence-corrected chi connectivity index (χ4v) is 3.10. The molecule has 0 N–H and O–H groups in total. The summed E-state index contributed by atoms with van der Waals surface area (Å²) in [6.45, 7) is 1.70. The van der Waals surface area contributed by atoms with Crippen LogP contribution in [-0.2, 0) is 9.59 Å². The summed E-state index contributed by atoms with van der Waals surface area (Å²) in [6, 6.07) is 3.64. The summed E-state index contributed by atoms with van der Waals surface area (Å²) in [7, 11) is 5.54. The van der Waals surface area contributed by atoms with Crippen LogP contribution in [0.15, 0.2) is 12.1 Å². The Morgan fingerprint density at radius 2 is 2.08 bits per heavy atom. The lowest BCUT2D eigenvalue weighted by Gasteiger charge is -2.20. The zero-order chi connectivity index (χ0) is 17.3. The Morgan fingerprint density at radius 3 is 2.67 bits per heavy atom. The van der Waals surface area contributed by atoms with Crippen LogP contribution in [0.3, 0.4) is 0 Å². The molecule has 2 atom stereocenters. The molecule has 8 nitrogen and oxygen atoms in total. The van der Waals surface area contributed by atoms with E-state index in [1.54, 1.807) is 22.9 Å². The molecule has 0 aliphatic carbocycles. The number of aromatic nitrogens is 2. The second-order valence-corrected chi connectivity index (χ2v) is 6.61. The molecule has 0 unspecified atom stereocenters. The van der Waals surface area contributed by atoms with Crippen LogP contribution < -0.4 is 9.64 Å². The van der Waals surface area contributed by atoms with Gasteiger partial charge in [0.15, 0.2) is 5.82 Å². The molecule has 0 aromatic carbocycles. The standard InChI is InChI=1S/C16H23N5O3/c1-19(2)13-4-5-14(18-17-13)24-12-6-7-21(10-12)16(23)11-8-15(22)20(3)9-11/h4-5,11-12H,6-10H2,1-3H3/t11-,12-/m0/s1. The summed E-state index contributed by atoms with van der Waals surface area (Å²) < 4.78 is 5.83. The molecule has 2 amide bonds. The molecule has 0 bridgehead atoms. The lowest BCUT2D eigenvalue weighted by molar-refractivity contribution is -0.135. The number of carbonyl (C=O) groups is 2. The lowest BCUT2D eigenvalue weighted by atomic mass is 10.1. The second-order valence-electron chi connectivity index (χ2n) is 6.61. The number of carbonyl (C=O) groups excluding carboxylic acids is 2. The van der Waals surface area contributed by atoms with Gasteiger partial charge in [-0.15, -0.1) is 10.2 Å². The summed E-state index contributed by atoms with van der Waals surface area (Å²) >= 11 is 0. The van der Waals surface area contributed by atoms with Crippen molar-refractivity contribution in [2.45, 2.75) is 18.9 Å². The third kappa shape index (κ3) is 3.42. The maximum atomic E-state index is 12.5. The molecule has 0 spiro atoms. The van der Waals surface area contributed by atoms with E-state index in [1.807, 2.05) is 25.1 Å². The summed E-state index contributed by atoms with van der Waals surface area (Å²) in [5.41, 5.74) is 0. The van der Waals surface area contributed by atoms with Crippen molar-refractivity contribution in [3.05, 3.63) is 12.1 Å². The molecular formula is C16H23N5O3. The summed E-state index contributed by atoms with van der Waals surface area (Å²) in [6.07, 6.45) is 0.997. The minimum Gasteiger partial charge on any atom is -0.471 e. The minimum absolute atomic E-state index is 0.0385. The molecule has 3 rings (SSSR count). The van der Waals surface area contributed by atoms with Crippen molar-refractivity contribution in [1.29, 1.82) is 0 Å². The van der Waals surface area contributed by atoms with Crippen molar-refractivity contribution < 1.29 is 14.3 Å². The Labute approximate surface area is 141 Å². The summed E-state index contributed by atoms with van der Waals surface area (Å²) in [5, 5.41) is 8.14. The molecule has 2 aliphatic heterocycles. The lowest BCUT2D eigenvalue weighted by Crippen LogP contribution is -2.36. The molecule has 3 heterocycles. The Kier molecular flexibility index (Phi) is 4.55. The molecule has 1 aromatic rings. The number of amides is 2. The molecule has 0 radical (unpaired) electrons. The molecule has 1 aromatic heterocycles. The third-order valence-corrected chi connectivity index (χ3v) is 4.52. The van der Waals surface area contributed by atoms with Crippen molar-refractivity contribution >= 4 is 17.6 Å². The normalized spacial score (nSPS) is 23.7. The highest BCUT2D eigenvalue weighted by Gasteiger charge is 2.37.